The zero-order chi connectivity index (χ0) is 23.5. The largest absolute Gasteiger partial charge is 0.494 e. The maximum atomic E-state index is 13.3. The highest BCUT2D eigenvalue weighted by molar-refractivity contribution is 9.10. The Balaban J connectivity index is 1.49. The molecule has 0 saturated heterocycles. The fourth-order valence-electron chi connectivity index (χ4n) is 3.37. The highest BCUT2D eigenvalue weighted by atomic mass is 79.9. The van der Waals surface area contributed by atoms with E-state index in [9.17, 15) is 14.0 Å². The zero-order valence-electron chi connectivity index (χ0n) is 17.8. The molecule has 1 amide bonds. The van der Waals surface area contributed by atoms with Crippen molar-refractivity contribution in [2.75, 3.05) is 18.2 Å². The van der Waals surface area contributed by atoms with Gasteiger partial charge in [-0.15, -0.1) is 11.8 Å². The van der Waals surface area contributed by atoms with E-state index >= 15 is 0 Å². The number of rotatable bonds is 6. The molecule has 0 radical (unpaired) electrons. The Hall–Kier alpha value is -3.17. The summed E-state index contributed by atoms with van der Waals surface area (Å²) in [6, 6.07) is 16.9. The van der Waals surface area contributed by atoms with Crippen molar-refractivity contribution in [3.63, 3.8) is 0 Å². The summed E-state index contributed by atoms with van der Waals surface area (Å²) in [4.78, 5) is 30.8. The first-order chi connectivity index (χ1) is 15.9. The van der Waals surface area contributed by atoms with Gasteiger partial charge in [0.15, 0.2) is 0 Å². The molecular weight excluding hydrogens is 509 g/mol. The molecule has 0 unspecified atom stereocenters. The number of nitrogens with zero attached hydrogens (tertiary/aromatic N) is 2. The van der Waals surface area contributed by atoms with Gasteiger partial charge in [-0.25, -0.2) is 9.37 Å². The third kappa shape index (κ3) is 4.94. The number of aromatic nitrogens is 2. The van der Waals surface area contributed by atoms with Gasteiger partial charge in [0.05, 0.1) is 28.4 Å². The Morgan fingerprint density at radius 1 is 1.18 bits per heavy atom. The molecule has 0 saturated carbocycles. The summed E-state index contributed by atoms with van der Waals surface area (Å²) in [5.41, 5.74) is 1.55. The minimum Gasteiger partial charge on any atom is -0.494 e. The van der Waals surface area contributed by atoms with Crippen LogP contribution in [0, 0.1) is 12.7 Å². The average molecular weight is 528 g/mol. The van der Waals surface area contributed by atoms with Crippen LogP contribution in [0.2, 0.25) is 0 Å². The standard InChI is InChI=1S/C24H19BrFN3O3S/c1-14-27-23-18(4-3-5-21(23)32-2)24(31)29(14)16-7-9-17(10-8-16)33-13-22(30)28-15-6-11-20(26)19(25)12-15/h3-12H,13H2,1-2H3,(H,28,30). The molecule has 6 nitrogen and oxygen atoms in total. The molecule has 0 bridgehead atoms. The van der Waals surface area contributed by atoms with Crippen LogP contribution in [0.4, 0.5) is 10.1 Å². The minimum absolute atomic E-state index is 0.179. The van der Waals surface area contributed by atoms with E-state index in [4.69, 9.17) is 4.74 Å². The number of ether oxygens (including phenoxy) is 1. The third-order valence-electron chi connectivity index (χ3n) is 4.92. The Labute approximate surface area is 201 Å². The van der Waals surface area contributed by atoms with Gasteiger partial charge in [0.2, 0.25) is 5.91 Å². The maximum absolute atomic E-state index is 13.3. The number of nitrogens with one attached hydrogen (secondary N) is 1. The van der Waals surface area contributed by atoms with E-state index in [0.717, 1.165) is 4.90 Å². The molecule has 0 aliphatic carbocycles. The zero-order valence-corrected chi connectivity index (χ0v) is 20.2. The molecule has 0 fully saturated rings. The molecule has 1 N–H and O–H groups in total. The second-order valence-electron chi connectivity index (χ2n) is 7.12. The Kier molecular flexibility index (Phi) is 6.80. The van der Waals surface area contributed by atoms with Crippen LogP contribution >= 0.6 is 27.7 Å². The number of halogens is 2. The molecule has 0 spiro atoms. The summed E-state index contributed by atoms with van der Waals surface area (Å²) < 4.78 is 20.5. The number of benzene rings is 3. The summed E-state index contributed by atoms with van der Waals surface area (Å²) in [6.45, 7) is 1.77. The lowest BCUT2D eigenvalue weighted by Crippen LogP contribution is -2.22. The molecule has 0 aliphatic heterocycles. The fraction of sp³-hybridized carbons (Fsp3) is 0.125. The topological polar surface area (TPSA) is 73.2 Å². The second-order valence-corrected chi connectivity index (χ2v) is 9.02. The van der Waals surface area contributed by atoms with Crippen LogP contribution in [0.25, 0.3) is 16.6 Å². The van der Waals surface area contributed by atoms with E-state index in [2.05, 4.69) is 26.2 Å². The number of para-hydroxylation sites is 1. The smallest absolute Gasteiger partial charge is 0.266 e. The summed E-state index contributed by atoms with van der Waals surface area (Å²) >= 11 is 4.46. The van der Waals surface area contributed by atoms with Crippen molar-refractivity contribution in [1.29, 1.82) is 0 Å². The number of carbonyl (C=O) groups excluding carboxylic acids is 1. The molecular formula is C24H19BrFN3O3S. The van der Waals surface area contributed by atoms with Crippen molar-refractivity contribution in [3.05, 3.63) is 87.1 Å². The molecule has 168 valence electrons. The first kappa shape index (κ1) is 23.0. The quantitative estimate of drug-likeness (QED) is 0.343. The van der Waals surface area contributed by atoms with Gasteiger partial charge < -0.3 is 10.1 Å². The van der Waals surface area contributed by atoms with Crippen LogP contribution in [0.5, 0.6) is 5.75 Å². The lowest BCUT2D eigenvalue weighted by Gasteiger charge is -2.13. The summed E-state index contributed by atoms with van der Waals surface area (Å²) in [7, 11) is 1.55. The van der Waals surface area contributed by atoms with Gasteiger partial charge >= 0.3 is 0 Å². The number of anilines is 1. The van der Waals surface area contributed by atoms with E-state index < -0.39 is 5.82 Å². The van der Waals surface area contributed by atoms with Crippen molar-refractivity contribution in [3.8, 4) is 11.4 Å². The van der Waals surface area contributed by atoms with Crippen molar-refractivity contribution >= 4 is 50.2 Å². The average Bonchev–Trinajstić information content (AvgIpc) is 2.80. The fourth-order valence-corrected chi connectivity index (χ4v) is 4.45. The molecule has 33 heavy (non-hydrogen) atoms. The van der Waals surface area contributed by atoms with Gasteiger partial charge in [-0.3, -0.25) is 14.2 Å². The van der Waals surface area contributed by atoms with Crippen LogP contribution in [0.1, 0.15) is 5.82 Å². The Morgan fingerprint density at radius 3 is 2.64 bits per heavy atom. The SMILES string of the molecule is COc1cccc2c(=O)n(-c3ccc(SCC(=O)Nc4ccc(F)c(Br)c4)cc3)c(C)nc12. The number of fused-ring (bicyclic) bond motifs is 1. The molecule has 3 aromatic carbocycles. The van der Waals surface area contributed by atoms with Crippen LogP contribution < -0.4 is 15.6 Å². The molecule has 1 heterocycles. The molecule has 0 aliphatic rings. The Morgan fingerprint density at radius 2 is 1.94 bits per heavy atom. The lowest BCUT2D eigenvalue weighted by molar-refractivity contribution is -0.113. The lowest BCUT2D eigenvalue weighted by atomic mass is 10.2. The van der Waals surface area contributed by atoms with Crippen LogP contribution in [-0.2, 0) is 4.79 Å². The summed E-state index contributed by atoms with van der Waals surface area (Å²) in [5, 5.41) is 3.21. The van der Waals surface area contributed by atoms with E-state index in [1.54, 1.807) is 36.8 Å². The summed E-state index contributed by atoms with van der Waals surface area (Å²) in [6.07, 6.45) is 0. The first-order valence-electron chi connectivity index (χ1n) is 9.92. The number of aryl methyl sites for hydroxylation is 1. The predicted molar refractivity (Wildman–Crippen MR) is 132 cm³/mol. The van der Waals surface area contributed by atoms with Gasteiger partial charge in [0.25, 0.3) is 5.56 Å². The molecule has 0 atom stereocenters. The van der Waals surface area contributed by atoms with Crippen molar-refractivity contribution in [2.24, 2.45) is 0 Å². The molecule has 1 aromatic heterocycles. The number of thioether (sulfide) groups is 1. The van der Waals surface area contributed by atoms with E-state index in [-0.39, 0.29) is 21.7 Å². The molecule has 4 aromatic rings. The van der Waals surface area contributed by atoms with E-state index in [1.165, 1.54) is 30.0 Å². The number of methoxy groups -OCH3 is 1. The Bertz CT molecular complexity index is 1410. The van der Waals surface area contributed by atoms with Crippen LogP contribution in [0.3, 0.4) is 0 Å². The van der Waals surface area contributed by atoms with Crippen molar-refractivity contribution in [2.45, 2.75) is 11.8 Å². The van der Waals surface area contributed by atoms with E-state index in [1.807, 2.05) is 24.3 Å². The van der Waals surface area contributed by atoms with Crippen molar-refractivity contribution < 1.29 is 13.9 Å². The number of amides is 1. The molecule has 9 heteroatoms. The predicted octanol–water partition coefficient (Wildman–Crippen LogP) is 5.34. The van der Waals surface area contributed by atoms with Gasteiger partial charge in [0, 0.05) is 10.6 Å². The van der Waals surface area contributed by atoms with Gasteiger partial charge in [-0.1, -0.05) is 6.07 Å². The third-order valence-corrected chi connectivity index (χ3v) is 6.54. The maximum Gasteiger partial charge on any atom is 0.266 e. The highest BCUT2D eigenvalue weighted by Crippen LogP contribution is 2.24. The monoisotopic (exact) mass is 527 g/mol. The van der Waals surface area contributed by atoms with Crippen LogP contribution in [-0.4, -0.2) is 28.3 Å². The van der Waals surface area contributed by atoms with Gasteiger partial charge in [0.1, 0.15) is 22.9 Å². The van der Waals surface area contributed by atoms with Crippen molar-refractivity contribution in [1.82, 2.24) is 9.55 Å². The minimum atomic E-state index is -0.391. The number of carbonyl (C=O) groups is 1. The number of hydrogen-bond donors (Lipinski definition) is 1. The highest BCUT2D eigenvalue weighted by Gasteiger charge is 2.13. The van der Waals surface area contributed by atoms with E-state index in [0.29, 0.717) is 33.9 Å². The van der Waals surface area contributed by atoms with Gasteiger partial charge in [-0.05, 0) is 77.5 Å². The number of hydrogen-bond acceptors (Lipinski definition) is 5. The van der Waals surface area contributed by atoms with Gasteiger partial charge in [-0.2, -0.15) is 0 Å². The van der Waals surface area contributed by atoms with Crippen LogP contribution in [0.15, 0.2) is 74.8 Å². The first-order valence-corrected chi connectivity index (χ1v) is 11.7. The summed E-state index contributed by atoms with van der Waals surface area (Å²) in [5.74, 6) is 0.685. The normalized spacial score (nSPS) is 10.9. The second kappa shape index (κ2) is 9.76. The molecule has 4 rings (SSSR count).